The van der Waals surface area contributed by atoms with Gasteiger partial charge in [0.25, 0.3) is 5.91 Å². The third-order valence-electron chi connectivity index (χ3n) is 5.94. The van der Waals surface area contributed by atoms with E-state index in [9.17, 15) is 4.79 Å². The number of carbonyl (C=O) groups excluding carboxylic acids is 1. The predicted octanol–water partition coefficient (Wildman–Crippen LogP) is 4.38. The van der Waals surface area contributed by atoms with E-state index in [2.05, 4.69) is 117 Å². The molecule has 1 amide bonds. The van der Waals surface area contributed by atoms with Gasteiger partial charge in [-0.3, -0.25) is 4.79 Å². The number of hydrogen-bond donors (Lipinski definition) is 0. The van der Waals surface area contributed by atoms with Gasteiger partial charge in [0.2, 0.25) is 0 Å². The van der Waals surface area contributed by atoms with Gasteiger partial charge in [0.15, 0.2) is 5.66 Å². The second kappa shape index (κ2) is 7.76. The lowest BCUT2D eigenvalue weighted by atomic mass is 10.1. The Morgan fingerprint density at radius 2 is 1.10 bits per heavy atom. The Hall–Kier alpha value is -2.44. The van der Waals surface area contributed by atoms with Crippen LogP contribution in [0.5, 0.6) is 0 Å². The van der Waals surface area contributed by atoms with Crippen molar-refractivity contribution in [2.45, 2.75) is 38.4 Å². The molecular formula is C26H29NOP+. The van der Waals surface area contributed by atoms with Gasteiger partial charge in [0.05, 0.1) is 0 Å². The summed E-state index contributed by atoms with van der Waals surface area (Å²) in [6, 6.07) is 32.2. The van der Waals surface area contributed by atoms with E-state index < -0.39 is 7.26 Å². The molecule has 1 saturated heterocycles. The Bertz CT molecular complexity index is 867. The molecule has 0 saturated carbocycles. The van der Waals surface area contributed by atoms with Gasteiger partial charge in [-0.2, -0.15) is 0 Å². The van der Waals surface area contributed by atoms with Crippen molar-refractivity contribution < 1.29 is 4.79 Å². The molecule has 3 aromatic carbocycles. The van der Waals surface area contributed by atoms with Crippen molar-refractivity contribution in [3.05, 3.63) is 91.0 Å². The van der Waals surface area contributed by atoms with Crippen molar-refractivity contribution in [1.82, 2.24) is 4.90 Å². The van der Waals surface area contributed by atoms with E-state index >= 15 is 0 Å². The molecular weight excluding hydrogens is 373 g/mol. The van der Waals surface area contributed by atoms with Crippen LogP contribution in [0, 0.1) is 0 Å². The van der Waals surface area contributed by atoms with Crippen LogP contribution in [0.1, 0.15) is 27.2 Å². The van der Waals surface area contributed by atoms with Gasteiger partial charge in [-0.15, -0.1) is 0 Å². The fourth-order valence-corrected chi connectivity index (χ4v) is 9.54. The van der Waals surface area contributed by atoms with E-state index in [1.807, 2.05) is 0 Å². The van der Waals surface area contributed by atoms with Crippen molar-refractivity contribution in [2.75, 3.05) is 6.54 Å². The molecule has 0 aliphatic carbocycles. The van der Waals surface area contributed by atoms with Crippen LogP contribution in [0.4, 0.5) is 0 Å². The fraction of sp³-hybridized carbons (Fsp3) is 0.269. The average Bonchev–Trinajstić information content (AvgIpc) is 3.13. The SMILES string of the molecule is CC(C)(C)N1CCC([P+](c2ccccc2)(c2ccccc2)c2ccccc2)C1=O. The fourth-order valence-electron chi connectivity index (χ4n) is 4.67. The molecule has 1 aliphatic heterocycles. The van der Waals surface area contributed by atoms with Gasteiger partial charge in [0.1, 0.15) is 23.2 Å². The van der Waals surface area contributed by atoms with E-state index in [0.29, 0.717) is 5.91 Å². The van der Waals surface area contributed by atoms with Gasteiger partial charge in [0, 0.05) is 18.5 Å². The second-order valence-corrected chi connectivity index (χ2v) is 12.3. The van der Waals surface area contributed by atoms with Crippen LogP contribution in [0.25, 0.3) is 0 Å². The molecule has 1 atom stereocenters. The Labute approximate surface area is 174 Å². The normalized spacial score (nSPS) is 17.6. The molecule has 148 valence electrons. The first-order valence-electron chi connectivity index (χ1n) is 10.3. The van der Waals surface area contributed by atoms with Crippen molar-refractivity contribution in [1.29, 1.82) is 0 Å². The summed E-state index contributed by atoms with van der Waals surface area (Å²) in [7, 11) is -2.16. The minimum absolute atomic E-state index is 0.0334. The summed E-state index contributed by atoms with van der Waals surface area (Å²) in [5.74, 6) is 0.294. The number of carbonyl (C=O) groups is 1. The number of likely N-dealkylation sites (tertiary alicyclic amines) is 1. The third kappa shape index (κ3) is 3.40. The molecule has 1 unspecified atom stereocenters. The van der Waals surface area contributed by atoms with Gasteiger partial charge >= 0.3 is 0 Å². The Morgan fingerprint density at radius 3 is 1.41 bits per heavy atom. The molecule has 0 radical (unpaired) electrons. The van der Waals surface area contributed by atoms with Gasteiger partial charge in [-0.05, 0) is 57.2 Å². The summed E-state index contributed by atoms with van der Waals surface area (Å²) >= 11 is 0. The topological polar surface area (TPSA) is 20.3 Å². The lowest BCUT2D eigenvalue weighted by Crippen LogP contribution is -2.47. The maximum Gasteiger partial charge on any atom is 0.265 e. The molecule has 1 aliphatic rings. The molecule has 2 nitrogen and oxygen atoms in total. The van der Waals surface area contributed by atoms with E-state index in [0.717, 1.165) is 13.0 Å². The van der Waals surface area contributed by atoms with E-state index in [1.165, 1.54) is 15.9 Å². The summed E-state index contributed by atoms with van der Waals surface area (Å²) in [4.78, 5) is 16.0. The molecule has 1 fully saturated rings. The third-order valence-corrected chi connectivity index (χ3v) is 10.7. The van der Waals surface area contributed by atoms with Gasteiger partial charge in [-0.1, -0.05) is 54.6 Å². The Morgan fingerprint density at radius 1 is 0.724 bits per heavy atom. The number of rotatable bonds is 4. The largest absolute Gasteiger partial charge is 0.334 e. The van der Waals surface area contributed by atoms with Crippen LogP contribution < -0.4 is 15.9 Å². The van der Waals surface area contributed by atoms with Crippen LogP contribution in [-0.2, 0) is 4.79 Å². The molecule has 4 rings (SSSR count). The number of amides is 1. The van der Waals surface area contributed by atoms with Crippen molar-refractivity contribution in [3.8, 4) is 0 Å². The molecule has 29 heavy (non-hydrogen) atoms. The summed E-state index contributed by atoms with van der Waals surface area (Å²) in [6.45, 7) is 7.24. The summed E-state index contributed by atoms with van der Waals surface area (Å²) in [6.07, 6.45) is 0.891. The Kier molecular flexibility index (Phi) is 5.32. The lowest BCUT2D eigenvalue weighted by Gasteiger charge is -2.35. The molecule has 0 N–H and O–H groups in total. The van der Waals surface area contributed by atoms with E-state index in [4.69, 9.17) is 0 Å². The summed E-state index contributed by atoms with van der Waals surface area (Å²) in [5.41, 5.74) is -0.195. The van der Waals surface area contributed by atoms with Crippen LogP contribution in [-0.4, -0.2) is 28.5 Å². The highest BCUT2D eigenvalue weighted by Gasteiger charge is 2.59. The van der Waals surface area contributed by atoms with Crippen molar-refractivity contribution in [3.63, 3.8) is 0 Å². The standard InChI is InChI=1S/C26H29NOP/c1-26(2,3)27-20-19-24(25(27)28)29(21-13-7-4-8-14-21,22-15-9-5-10-16-22)23-17-11-6-12-18-23/h4-18,24H,19-20H2,1-3H3/q+1. The Balaban J connectivity index is 2.01. The zero-order valence-electron chi connectivity index (χ0n) is 17.5. The first-order valence-corrected chi connectivity index (χ1v) is 12.2. The van der Waals surface area contributed by atoms with Crippen LogP contribution in [0.15, 0.2) is 91.0 Å². The average molecular weight is 402 g/mol. The molecule has 0 bridgehead atoms. The van der Waals surface area contributed by atoms with E-state index in [1.54, 1.807) is 0 Å². The maximum atomic E-state index is 13.9. The van der Waals surface area contributed by atoms with Crippen molar-refractivity contribution in [2.24, 2.45) is 0 Å². The first kappa shape index (κ1) is 19.9. The zero-order chi connectivity index (χ0) is 20.5. The number of benzene rings is 3. The van der Waals surface area contributed by atoms with E-state index in [-0.39, 0.29) is 11.2 Å². The minimum Gasteiger partial charge on any atom is -0.334 e. The zero-order valence-corrected chi connectivity index (χ0v) is 18.3. The number of hydrogen-bond acceptors (Lipinski definition) is 1. The maximum absolute atomic E-state index is 13.9. The highest BCUT2D eigenvalue weighted by molar-refractivity contribution is 7.96. The minimum atomic E-state index is -2.16. The molecule has 0 aromatic heterocycles. The van der Waals surface area contributed by atoms with Gasteiger partial charge in [-0.25, -0.2) is 0 Å². The first-order chi connectivity index (χ1) is 14.0. The van der Waals surface area contributed by atoms with Gasteiger partial charge < -0.3 is 4.90 Å². The highest BCUT2D eigenvalue weighted by Crippen LogP contribution is 2.62. The predicted molar refractivity (Wildman–Crippen MR) is 125 cm³/mol. The van der Waals surface area contributed by atoms with Crippen LogP contribution in [0.3, 0.4) is 0 Å². The molecule has 0 spiro atoms. The highest BCUT2D eigenvalue weighted by atomic mass is 31.2. The molecule has 3 heteroatoms. The number of nitrogens with zero attached hydrogens (tertiary/aromatic N) is 1. The van der Waals surface area contributed by atoms with Crippen molar-refractivity contribution >= 4 is 29.1 Å². The monoisotopic (exact) mass is 402 g/mol. The quantitative estimate of drug-likeness (QED) is 0.593. The van der Waals surface area contributed by atoms with Crippen LogP contribution >= 0.6 is 7.26 Å². The lowest BCUT2D eigenvalue weighted by molar-refractivity contribution is -0.131. The summed E-state index contributed by atoms with van der Waals surface area (Å²) in [5, 5.41) is 3.85. The second-order valence-electron chi connectivity index (χ2n) is 8.69. The molecule has 1 heterocycles. The van der Waals surface area contributed by atoms with Crippen LogP contribution in [0.2, 0.25) is 0 Å². The smallest absolute Gasteiger partial charge is 0.265 e. The molecule has 3 aromatic rings. The summed E-state index contributed by atoms with van der Waals surface area (Å²) < 4.78 is 0.